The Morgan fingerprint density at radius 3 is 2.43 bits per heavy atom. The molecular formula is C43H41NS2. The van der Waals surface area contributed by atoms with Crippen LogP contribution in [-0.4, -0.2) is 5.25 Å². The van der Waals surface area contributed by atoms with E-state index in [1.807, 2.05) is 37.3 Å². The third-order valence-corrected chi connectivity index (χ3v) is 16.1. The van der Waals surface area contributed by atoms with Crippen LogP contribution in [0.3, 0.4) is 0 Å². The molecule has 230 valence electrons. The summed E-state index contributed by atoms with van der Waals surface area (Å²) in [6.45, 7) is 12.1. The molecule has 0 spiro atoms. The lowest BCUT2D eigenvalue weighted by Crippen LogP contribution is -2.16. The fourth-order valence-electron chi connectivity index (χ4n) is 8.01. The van der Waals surface area contributed by atoms with Gasteiger partial charge in [0.25, 0.3) is 0 Å². The summed E-state index contributed by atoms with van der Waals surface area (Å²) >= 11 is 2.00. The molecule has 0 amide bonds. The Balaban J connectivity index is 0.00000153. The highest BCUT2D eigenvalue weighted by Gasteiger charge is 2.65. The largest absolute Gasteiger partial charge is 0.305 e. The fraction of sp³-hybridized carbons (Fsp3) is 0.209. The number of anilines is 2. The second-order valence-electron chi connectivity index (χ2n) is 12.6. The van der Waals surface area contributed by atoms with Gasteiger partial charge in [-0.3, -0.25) is 0 Å². The molecule has 1 aliphatic heterocycles. The van der Waals surface area contributed by atoms with E-state index in [0.717, 1.165) is 23.5 Å². The lowest BCUT2D eigenvalue weighted by molar-refractivity contribution is 0.965. The second-order valence-corrected chi connectivity index (χ2v) is 16.8. The van der Waals surface area contributed by atoms with Crippen LogP contribution in [-0.2, 0) is 0 Å². The monoisotopic (exact) mass is 635 g/mol. The maximum atomic E-state index is 4.08. The molecule has 1 aromatic heterocycles. The van der Waals surface area contributed by atoms with Gasteiger partial charge in [0.05, 0.1) is 0 Å². The summed E-state index contributed by atoms with van der Waals surface area (Å²) in [4.78, 5) is 8.95. The third-order valence-electron chi connectivity index (χ3n) is 10.2. The van der Waals surface area contributed by atoms with Crippen molar-refractivity contribution < 1.29 is 0 Å². The number of rotatable bonds is 7. The van der Waals surface area contributed by atoms with Crippen molar-refractivity contribution in [3.63, 3.8) is 0 Å². The van der Waals surface area contributed by atoms with Crippen LogP contribution in [0.1, 0.15) is 37.1 Å². The van der Waals surface area contributed by atoms with E-state index in [0.29, 0.717) is 23.0 Å². The molecule has 2 fully saturated rings. The van der Waals surface area contributed by atoms with Crippen molar-refractivity contribution >= 4 is 43.7 Å². The predicted octanol–water partition coefficient (Wildman–Crippen LogP) is 12.4. The molecule has 2 heterocycles. The molecule has 2 aromatic carbocycles. The molecule has 3 heteroatoms. The highest BCUT2D eigenvalue weighted by Crippen LogP contribution is 2.88. The lowest BCUT2D eigenvalue weighted by Gasteiger charge is -2.42. The fourth-order valence-corrected chi connectivity index (χ4v) is 15.4. The predicted molar refractivity (Wildman–Crippen MR) is 202 cm³/mol. The zero-order chi connectivity index (χ0) is 31.4. The highest BCUT2D eigenvalue weighted by molar-refractivity contribution is 8.38. The molecule has 6 aliphatic rings. The van der Waals surface area contributed by atoms with Gasteiger partial charge in [0.1, 0.15) is 5.00 Å². The Morgan fingerprint density at radius 2 is 1.67 bits per heavy atom. The first kappa shape index (κ1) is 29.4. The van der Waals surface area contributed by atoms with Crippen molar-refractivity contribution in [3.8, 4) is 0 Å². The van der Waals surface area contributed by atoms with Gasteiger partial charge in [0.15, 0.2) is 0 Å². The molecule has 0 saturated heterocycles. The molecular weight excluding hydrogens is 595 g/mol. The van der Waals surface area contributed by atoms with Gasteiger partial charge in [-0.05, 0) is 87.4 Å². The maximum absolute atomic E-state index is 4.08. The van der Waals surface area contributed by atoms with Crippen LogP contribution in [0, 0.1) is 23.7 Å². The number of thiophene rings is 1. The van der Waals surface area contributed by atoms with Gasteiger partial charge >= 0.3 is 0 Å². The quantitative estimate of drug-likeness (QED) is 0.250. The number of allylic oxidation sites excluding steroid dienone is 14. The second kappa shape index (κ2) is 11.6. The molecule has 1 nitrogen and oxygen atoms in total. The summed E-state index contributed by atoms with van der Waals surface area (Å²) in [7, 11) is -1.42. The molecule has 5 unspecified atom stereocenters. The van der Waals surface area contributed by atoms with Crippen LogP contribution >= 0.6 is 21.4 Å². The third kappa shape index (κ3) is 4.43. The molecule has 5 aliphatic carbocycles. The van der Waals surface area contributed by atoms with Gasteiger partial charge in [-0.25, -0.2) is 0 Å². The van der Waals surface area contributed by atoms with E-state index in [1.165, 1.54) is 33.3 Å². The van der Waals surface area contributed by atoms with E-state index in [2.05, 4.69) is 139 Å². The minimum atomic E-state index is -1.42. The molecule has 0 bridgehead atoms. The van der Waals surface area contributed by atoms with E-state index < -0.39 is 10.0 Å². The van der Waals surface area contributed by atoms with Crippen LogP contribution in [0.5, 0.6) is 0 Å². The Labute approximate surface area is 280 Å². The minimum absolute atomic E-state index is 0.622. The molecule has 0 N–H and O–H groups in total. The SMILES string of the molecule is C=CC1=CC=C(N(c2cccc(C=C)c2)c2cc3c(s2)C2=C(C4CC4C=C2)S3(c2ccccc2)C2C3C=CC=CC32)CC=C1.CC. The standard InChI is InChI=1S/C41H35NS2.C2H6/c1-3-27-12-10-14-30(22-20-27)42(31-15-11-13-28(4-2)24-31)38-26-37-39(43-38)35-23-21-29-25-36(29)41(35)44(37,32-16-6-5-7-17-32)40-33-18-8-9-19-34(33)40;1-2/h3-13,15-24,26,29,33-34,36,40H,1-2,14,25H2;1-2H3. The van der Waals surface area contributed by atoms with Crippen LogP contribution in [0.25, 0.3) is 11.6 Å². The first-order valence-electron chi connectivity index (χ1n) is 16.7. The van der Waals surface area contributed by atoms with Gasteiger partial charge in [0, 0.05) is 38.4 Å². The summed E-state index contributed by atoms with van der Waals surface area (Å²) in [6, 6.07) is 23.0. The van der Waals surface area contributed by atoms with Gasteiger partial charge in [-0.15, -0.1) is 11.3 Å². The Bertz CT molecular complexity index is 1920. The summed E-state index contributed by atoms with van der Waals surface area (Å²) < 4.78 is 0. The minimum Gasteiger partial charge on any atom is -0.305 e. The van der Waals surface area contributed by atoms with Crippen LogP contribution < -0.4 is 4.90 Å². The first-order chi connectivity index (χ1) is 22.7. The van der Waals surface area contributed by atoms with E-state index >= 15 is 0 Å². The highest BCUT2D eigenvalue weighted by atomic mass is 32.3. The van der Waals surface area contributed by atoms with Crippen molar-refractivity contribution in [3.05, 3.63) is 167 Å². The molecule has 0 radical (unpaired) electrons. The Hall–Kier alpha value is -4.05. The number of fused-ring (bicyclic) bond motifs is 5. The lowest BCUT2D eigenvalue weighted by atomic mass is 10.1. The molecule has 3 aromatic rings. The van der Waals surface area contributed by atoms with E-state index in [-0.39, 0.29) is 0 Å². The molecule has 2 saturated carbocycles. The zero-order valence-electron chi connectivity index (χ0n) is 26.7. The Morgan fingerprint density at radius 1 is 0.870 bits per heavy atom. The Kier molecular flexibility index (Phi) is 7.43. The van der Waals surface area contributed by atoms with E-state index in [1.54, 1.807) is 14.7 Å². The van der Waals surface area contributed by atoms with Gasteiger partial charge in [0.2, 0.25) is 0 Å². The van der Waals surface area contributed by atoms with E-state index in [9.17, 15) is 0 Å². The van der Waals surface area contributed by atoms with Gasteiger partial charge < -0.3 is 4.90 Å². The van der Waals surface area contributed by atoms with Crippen LogP contribution in [0.15, 0.2) is 167 Å². The topological polar surface area (TPSA) is 3.24 Å². The normalized spacial score (nSPS) is 30.2. The zero-order valence-corrected chi connectivity index (χ0v) is 28.3. The molecule has 46 heavy (non-hydrogen) atoms. The summed E-state index contributed by atoms with van der Waals surface area (Å²) in [5.41, 5.74) is 6.25. The smallest absolute Gasteiger partial charge is 0.101 e. The van der Waals surface area contributed by atoms with Crippen molar-refractivity contribution in [1.82, 2.24) is 0 Å². The van der Waals surface area contributed by atoms with Crippen molar-refractivity contribution in [2.75, 3.05) is 4.90 Å². The van der Waals surface area contributed by atoms with Crippen molar-refractivity contribution in [1.29, 1.82) is 0 Å². The number of hydrogen-bond donors (Lipinski definition) is 0. The van der Waals surface area contributed by atoms with Crippen molar-refractivity contribution in [2.24, 2.45) is 23.7 Å². The van der Waals surface area contributed by atoms with Gasteiger partial charge in [-0.2, -0.15) is 10.0 Å². The number of benzene rings is 2. The van der Waals surface area contributed by atoms with Crippen LogP contribution in [0.4, 0.5) is 10.7 Å². The maximum Gasteiger partial charge on any atom is 0.101 e. The van der Waals surface area contributed by atoms with Gasteiger partial charge in [-0.1, -0.05) is 124 Å². The molecule has 9 rings (SSSR count). The molecule has 5 atom stereocenters. The number of hydrogen-bond acceptors (Lipinski definition) is 2. The summed E-state index contributed by atoms with van der Waals surface area (Å²) in [6.07, 6.45) is 29.6. The number of nitrogens with zero attached hydrogens (tertiary/aromatic N) is 1. The summed E-state index contributed by atoms with van der Waals surface area (Å²) in [5.74, 6) is 2.66. The van der Waals surface area contributed by atoms with Crippen LogP contribution in [0.2, 0.25) is 0 Å². The first-order valence-corrected chi connectivity index (χ1v) is 19.2. The van der Waals surface area contributed by atoms with E-state index in [4.69, 9.17) is 0 Å². The average Bonchev–Trinajstić information content (AvgIpc) is 4.01. The van der Waals surface area contributed by atoms with Crippen molar-refractivity contribution in [2.45, 2.75) is 41.7 Å². The summed E-state index contributed by atoms with van der Waals surface area (Å²) in [5, 5.41) is 1.92. The average molecular weight is 636 g/mol.